The summed E-state index contributed by atoms with van der Waals surface area (Å²) in [4.78, 5) is 115. The molecular weight excluding hydrogens is 2270 g/mol. The minimum Gasteiger partial charge on any atom is -0.726 e. The summed E-state index contributed by atoms with van der Waals surface area (Å²) in [5.74, 6) is -3.20. The number of ether oxygens (including phenoxy) is 16. The third kappa shape index (κ3) is 77.7. The molecule has 0 aromatic carbocycles. The van der Waals surface area contributed by atoms with Crippen LogP contribution in [0.4, 0.5) is 0 Å². The Labute approximate surface area is 1070 Å². The number of hydrogen-bond acceptors (Lipinski definition) is 62. The standard InChI is InChI=1S/C53H80N4O42S3.4CO2.11Na.4H2O4S/c1-18(59)54-38-42(68)47(31(93-50(38)81-5)15-86-100(72,73)74)97-35-8-24(65)29(13-84-35)91-52-41(57-21(4)62)45(71)49(33(95-52)17-88-102(78,79)80)99-37-9-25(66)30(14-85-37)92-53-40(56-20(3)61)44(70)48(32(94-53)16-87-101(75,76)77)98-36-7-23(64)28(12-83-36)90-51-39(55-19(2)60)43(69)46(27(10-58)89-51)96-34-6-22(63)26(67)11-82-34;4*2-1-3;;;;;;;;;;;;4*1-5(2,3)4/h6-9,11-14,22-53,58,63-71H,10,15-17H2,1-5H3,(H,54,59)(H,55,60)(H,56,61)(H,57,62)(H,72,73,74)(H,75,76,77)(H,78,79,80);;;;;;;;;;;;;;;;4*(H2,1,2,3,4)/q-8;;;;;11*+1;;;;/p-7/t22-,23-,24-,25-,26+,27?,28-,29-,30-,31?,32?,33?,34-,35-,36-,37-,38?,39?,40?,41?,42+,43+,44+,45+,46+,47+,48+,49+,50-,51-,52+,53+;;;;;;;;;;;;;;;;;;;/m0.................../s1. The first kappa shape index (κ1) is 174. The van der Waals surface area contributed by atoms with Crippen LogP contribution in [-0.2, 0) is 219 Å². The van der Waals surface area contributed by atoms with E-state index in [2.05, 4.69) is 33.8 Å². The third-order valence-electron chi connectivity index (χ3n) is 15.9. The van der Waals surface area contributed by atoms with Crippen molar-refractivity contribution in [3.05, 3.63) is 52.1 Å². The van der Waals surface area contributed by atoms with Gasteiger partial charge in [0.05, 0.1) is 26.4 Å². The maximum Gasteiger partial charge on any atom is 1.00 e. The van der Waals surface area contributed by atoms with Gasteiger partial charge < -0.3 is 180 Å². The summed E-state index contributed by atoms with van der Waals surface area (Å²) in [6.07, 6.45) is -44.6. The molecular formula is C57H81N4Na11O66S7-4. The fourth-order valence-corrected chi connectivity index (χ4v) is 12.3. The van der Waals surface area contributed by atoms with Crippen molar-refractivity contribution in [2.75, 3.05) is 33.5 Å². The van der Waals surface area contributed by atoms with Crippen LogP contribution in [0.3, 0.4) is 0 Å². The zero-order valence-corrected chi connectivity index (χ0v) is 106. The van der Waals surface area contributed by atoms with Crippen LogP contribution in [0, 0.1) is 52.1 Å². The van der Waals surface area contributed by atoms with Crippen LogP contribution < -0.4 is 346 Å². The number of rotatable bonds is 29. The topological polar surface area (TPSA) is 1110 Å². The maximum atomic E-state index is 12.7. The number of nitrogens with one attached hydrogen (secondary N) is 4. The second kappa shape index (κ2) is 86.2. The van der Waals surface area contributed by atoms with Crippen molar-refractivity contribution in [1.82, 2.24) is 21.3 Å². The molecule has 88 heteroatoms. The molecule has 8 fully saturated rings. The van der Waals surface area contributed by atoms with E-state index >= 15 is 0 Å². The number of aliphatic hydroxyl groups excluding tert-OH is 10. The van der Waals surface area contributed by atoms with Crippen molar-refractivity contribution in [3.63, 3.8) is 0 Å². The van der Waals surface area contributed by atoms with Crippen LogP contribution in [0.1, 0.15) is 27.7 Å². The third-order valence-corrected chi connectivity index (χ3v) is 17.2. The van der Waals surface area contributed by atoms with Gasteiger partial charge in [-0.3, -0.25) is 49.9 Å². The molecule has 0 aliphatic carbocycles. The SMILES string of the molecule is CO[C@H]1OC(COS(=O)(=O)[O-])[C@@H](O[C@H]2[CH-][C@H](O)[C@@H](O[C@@H]3OC(COS(=O)(=O)[O-])[C@@H](O[C@H]4[CH-][C@H](O)[C@@H](O[C@@H]5OC(COS(=O)(=O)[O-])[C@@H](O[C@H]6[CH-][C@H](O)[C@@H](O[C@@H]7OC(CO)[C@@H](O[C@H]8[CH-][C@H](O)[C@H](O)[CH-]O8)[C@H](O)C7NC(C)=O)[CH-]O6)[C@H](O)C5NC(C)=O)[CH-]O4)[C@H](O)C3NC(C)=O)[CH-]O2)[C@H](O)C1NC(C)=O.O=C=O.O=C=O.O=C=O.O=C=O.O=S(=O)([O-])O.O=S(=O)([O-])O.O=S(=O)([O-])O.O=S(=O)([O-])O.[Na+].[Na+].[Na+].[Na+].[Na+].[Na+].[Na+].[Na+].[Na+].[Na+].[Na+]. The minimum atomic E-state index is -5.59. The molecule has 0 aromatic rings. The first-order chi connectivity index (χ1) is 61.4. The number of methoxy groups -OCH3 is 1. The summed E-state index contributed by atoms with van der Waals surface area (Å²) >= 11 is 0. The second-order valence-electron chi connectivity index (χ2n) is 25.6. The van der Waals surface area contributed by atoms with Crippen LogP contribution in [0.15, 0.2) is 0 Å². The molecule has 8 unspecified atom stereocenters. The molecule has 32 atom stereocenters. The Hall–Kier alpha value is 4.45. The summed E-state index contributed by atoms with van der Waals surface area (Å²) < 4.78 is 341. The van der Waals surface area contributed by atoms with E-state index in [0.29, 0.717) is 0 Å². The largest absolute Gasteiger partial charge is 1.00 e. The molecule has 0 saturated carbocycles. The zero-order chi connectivity index (χ0) is 104. The van der Waals surface area contributed by atoms with E-state index in [1.54, 1.807) is 0 Å². The van der Waals surface area contributed by atoms with Crippen LogP contribution >= 0.6 is 0 Å². The number of carbonyl (C=O) groups excluding carboxylic acids is 12. The van der Waals surface area contributed by atoms with Gasteiger partial charge in [0.15, 0.2) is 25.2 Å². The molecule has 18 N–H and O–H groups in total. The number of carbonyl (C=O) groups is 4. The van der Waals surface area contributed by atoms with Crippen molar-refractivity contribution in [1.29, 1.82) is 0 Å². The van der Waals surface area contributed by atoms with E-state index in [9.17, 15) is 109 Å². The molecule has 145 heavy (non-hydrogen) atoms. The molecule has 8 heterocycles. The summed E-state index contributed by atoms with van der Waals surface area (Å²) in [6.45, 7) is 2.80. The van der Waals surface area contributed by atoms with E-state index in [1.807, 2.05) is 0 Å². The molecule has 4 amide bonds. The Kier molecular flexibility index (Phi) is 104. The number of hydrogen-bond donors (Lipinski definition) is 18. The predicted octanol–water partition coefficient (Wildman–Crippen LogP) is -51.5. The maximum absolute atomic E-state index is 12.7. The monoisotopic (exact) mass is 2350 g/mol. The van der Waals surface area contributed by atoms with E-state index in [4.69, 9.17) is 184 Å². The van der Waals surface area contributed by atoms with Gasteiger partial charge in [0.1, 0.15) is 97.4 Å². The van der Waals surface area contributed by atoms with Gasteiger partial charge >= 0.3 is 350 Å². The molecule has 70 nitrogen and oxygen atoms in total. The van der Waals surface area contributed by atoms with Gasteiger partial charge in [-0.15, -0.1) is 0 Å². The van der Waals surface area contributed by atoms with Crippen LogP contribution in [0.25, 0.3) is 0 Å². The number of aliphatic hydroxyl groups is 10. The van der Waals surface area contributed by atoms with E-state index in [1.165, 1.54) is 0 Å². The Balaban J connectivity index is -0.000000360. The first-order valence-corrected chi connectivity index (χ1v) is 44.3. The molecule has 0 spiro atoms. The molecule has 8 saturated heterocycles. The fraction of sp³-hybridized carbons (Fsp3) is 0.719. The molecule has 0 aromatic heterocycles. The van der Waals surface area contributed by atoms with Gasteiger partial charge in [-0.2, -0.15) is 64.8 Å². The molecule has 0 bridgehead atoms. The van der Waals surface area contributed by atoms with Crippen LogP contribution in [0.5, 0.6) is 0 Å². The summed E-state index contributed by atoms with van der Waals surface area (Å²) in [6, 6.07) is -6.51. The van der Waals surface area contributed by atoms with E-state index < -0.39 is 319 Å². The summed E-state index contributed by atoms with van der Waals surface area (Å²) in [5.41, 5.74) is 0. The number of amides is 4. The van der Waals surface area contributed by atoms with Crippen molar-refractivity contribution in [2.45, 2.75) is 224 Å². The van der Waals surface area contributed by atoms with Gasteiger partial charge in [-0.1, -0.05) is 24.4 Å². The van der Waals surface area contributed by atoms with Gasteiger partial charge in [0, 0.05) is 60.0 Å². The molecule has 0 radical (unpaired) electrons. The Morgan fingerprint density at radius 2 is 0.490 bits per heavy atom. The summed E-state index contributed by atoms with van der Waals surface area (Å²) in [5, 5.41) is 120. The van der Waals surface area contributed by atoms with Gasteiger partial charge in [-0.05, 0) is 24.4 Å². The first-order valence-electron chi connectivity index (χ1n) is 34.9. The minimum absolute atomic E-state index is 0. The van der Waals surface area contributed by atoms with Crippen molar-refractivity contribution < 1.29 is 631 Å². The Morgan fingerprint density at radius 1 is 0.310 bits per heavy atom. The van der Waals surface area contributed by atoms with Crippen LogP contribution in [0.2, 0.25) is 0 Å². The van der Waals surface area contributed by atoms with Gasteiger partial charge in [0.25, 0.3) is 0 Å². The quantitative estimate of drug-likeness (QED) is 0.0143. The Bertz CT molecular complexity index is 4440. The predicted molar refractivity (Wildman–Crippen MR) is 378 cm³/mol. The Morgan fingerprint density at radius 3 is 0.669 bits per heavy atom. The van der Waals surface area contributed by atoms with Gasteiger partial charge in [-0.25, -0.2) is 84.6 Å². The molecule has 8 rings (SSSR count). The van der Waals surface area contributed by atoms with E-state index in [0.717, 1.165) is 86.9 Å². The van der Waals surface area contributed by atoms with Crippen molar-refractivity contribution in [3.8, 4) is 0 Å². The zero-order valence-electron chi connectivity index (χ0n) is 78.3. The average Bonchev–Trinajstić information content (AvgIpc) is 0.786. The average molecular weight is 2360 g/mol. The molecule has 8 aliphatic heterocycles. The normalized spacial score (nSPS) is 31.8. The van der Waals surface area contributed by atoms with Crippen molar-refractivity contribution in [2.24, 2.45) is 0 Å². The van der Waals surface area contributed by atoms with Gasteiger partial charge in [0.2, 0.25) is 96.4 Å². The van der Waals surface area contributed by atoms with Crippen LogP contribution in [-0.4, -0.2) is 438 Å². The fourth-order valence-electron chi connectivity index (χ4n) is 11.4. The summed E-state index contributed by atoms with van der Waals surface area (Å²) in [7, 11) is -35.1. The van der Waals surface area contributed by atoms with E-state index in [-0.39, 0.29) is 350 Å². The second-order valence-corrected chi connectivity index (χ2v) is 32.1. The van der Waals surface area contributed by atoms with Crippen molar-refractivity contribution >= 4 is 121 Å². The molecule has 782 valence electrons. The smallest absolute Gasteiger partial charge is 0.726 e. The molecule has 8 aliphatic rings.